The van der Waals surface area contributed by atoms with Crippen molar-refractivity contribution in [3.8, 4) is 0 Å². The van der Waals surface area contributed by atoms with Crippen LogP contribution in [0.15, 0.2) is 24.3 Å². The molecule has 1 aromatic heterocycles. The first kappa shape index (κ1) is 16.2. The smallest absolute Gasteiger partial charge is 0.311 e. The summed E-state index contributed by atoms with van der Waals surface area (Å²) in [5.74, 6) is 0.815. The topological polar surface area (TPSA) is 68.3 Å². The number of nitrogens with zero attached hydrogens (tertiary/aromatic N) is 1. The Morgan fingerprint density at radius 2 is 1.92 bits per heavy atom. The molecule has 5 nitrogen and oxygen atoms in total. The van der Waals surface area contributed by atoms with Crippen molar-refractivity contribution in [2.75, 3.05) is 7.11 Å². The van der Waals surface area contributed by atoms with Gasteiger partial charge in [0, 0.05) is 5.54 Å². The number of hydrogen-bond donors (Lipinski definition) is 1. The Kier molecular flexibility index (Phi) is 3.45. The molecule has 1 amide bonds. The molecule has 6 heteroatoms. The molecule has 0 radical (unpaired) electrons. The van der Waals surface area contributed by atoms with Crippen molar-refractivity contribution in [3.63, 3.8) is 0 Å². The fourth-order valence-corrected chi connectivity index (χ4v) is 6.99. The van der Waals surface area contributed by atoms with Crippen LogP contribution in [0.5, 0.6) is 0 Å². The molecule has 1 heterocycles. The van der Waals surface area contributed by atoms with E-state index in [0.717, 1.165) is 35.9 Å². The van der Waals surface area contributed by atoms with Gasteiger partial charge in [-0.3, -0.25) is 9.59 Å². The zero-order valence-electron chi connectivity index (χ0n) is 14.8. The highest BCUT2D eigenvalue weighted by atomic mass is 32.1. The molecule has 0 saturated heterocycles. The fourth-order valence-electron chi connectivity index (χ4n) is 6.13. The predicted molar refractivity (Wildman–Crippen MR) is 98.9 cm³/mol. The van der Waals surface area contributed by atoms with Gasteiger partial charge < -0.3 is 10.1 Å². The number of rotatable bonds is 3. The van der Waals surface area contributed by atoms with Crippen LogP contribution in [0.3, 0.4) is 0 Å². The number of benzene rings is 1. The van der Waals surface area contributed by atoms with Crippen molar-refractivity contribution in [2.45, 2.75) is 44.1 Å². The van der Waals surface area contributed by atoms with E-state index in [4.69, 9.17) is 4.74 Å². The number of thiazole rings is 1. The molecular formula is C20H22N2O3S. The predicted octanol–water partition coefficient (Wildman–Crippen LogP) is 3.54. The maximum absolute atomic E-state index is 13.0. The van der Waals surface area contributed by atoms with Gasteiger partial charge >= 0.3 is 5.97 Å². The number of esters is 1. The van der Waals surface area contributed by atoms with E-state index in [2.05, 4.69) is 10.3 Å². The van der Waals surface area contributed by atoms with Crippen LogP contribution < -0.4 is 5.32 Å². The lowest BCUT2D eigenvalue weighted by Gasteiger charge is -2.60. The van der Waals surface area contributed by atoms with Crippen molar-refractivity contribution in [1.82, 2.24) is 10.3 Å². The van der Waals surface area contributed by atoms with E-state index in [1.54, 1.807) is 0 Å². The Morgan fingerprint density at radius 3 is 2.62 bits per heavy atom. The van der Waals surface area contributed by atoms with Crippen molar-refractivity contribution >= 4 is 33.4 Å². The van der Waals surface area contributed by atoms with Gasteiger partial charge in [-0.25, -0.2) is 4.98 Å². The largest absolute Gasteiger partial charge is 0.469 e. The number of methoxy groups -OCH3 is 1. The zero-order valence-corrected chi connectivity index (χ0v) is 15.6. The van der Waals surface area contributed by atoms with E-state index >= 15 is 0 Å². The summed E-state index contributed by atoms with van der Waals surface area (Å²) in [5, 5.41) is 3.82. The summed E-state index contributed by atoms with van der Waals surface area (Å²) in [6, 6.07) is 7.81. The van der Waals surface area contributed by atoms with Crippen LogP contribution >= 0.6 is 11.3 Å². The van der Waals surface area contributed by atoms with E-state index in [1.165, 1.54) is 24.9 Å². The fraction of sp³-hybridized carbons (Fsp3) is 0.550. The molecule has 0 aliphatic heterocycles. The molecule has 136 valence electrons. The summed E-state index contributed by atoms with van der Waals surface area (Å²) in [7, 11) is 1.48. The molecule has 1 N–H and O–H groups in total. The molecule has 4 saturated carbocycles. The van der Waals surface area contributed by atoms with E-state index in [-0.39, 0.29) is 17.4 Å². The van der Waals surface area contributed by atoms with Gasteiger partial charge in [0.05, 0.1) is 22.7 Å². The van der Waals surface area contributed by atoms with Crippen molar-refractivity contribution in [2.24, 2.45) is 17.3 Å². The number of para-hydroxylation sites is 1. The Hall–Kier alpha value is -1.95. The lowest BCUT2D eigenvalue weighted by molar-refractivity contribution is -0.171. The van der Waals surface area contributed by atoms with Gasteiger partial charge in [0.2, 0.25) is 0 Å². The third-order valence-electron chi connectivity index (χ3n) is 6.55. The molecule has 4 bridgehead atoms. The average Bonchev–Trinajstić information content (AvgIpc) is 3.04. The van der Waals surface area contributed by atoms with E-state index in [0.29, 0.717) is 23.3 Å². The molecule has 2 atom stereocenters. The quantitative estimate of drug-likeness (QED) is 0.839. The minimum Gasteiger partial charge on any atom is -0.469 e. The first-order valence-corrected chi connectivity index (χ1v) is 10.1. The minimum absolute atomic E-state index is 0.0924. The second-order valence-corrected chi connectivity index (χ2v) is 9.48. The normalized spacial score (nSPS) is 34.8. The molecule has 1 aromatic carbocycles. The van der Waals surface area contributed by atoms with Crippen LogP contribution in [0.25, 0.3) is 10.2 Å². The van der Waals surface area contributed by atoms with Gasteiger partial charge in [0.25, 0.3) is 5.91 Å². The number of aromatic nitrogens is 1. The van der Waals surface area contributed by atoms with Crippen LogP contribution in [0, 0.1) is 17.3 Å². The van der Waals surface area contributed by atoms with E-state index in [1.807, 2.05) is 24.3 Å². The summed E-state index contributed by atoms with van der Waals surface area (Å²) in [6.45, 7) is 0. The van der Waals surface area contributed by atoms with Crippen molar-refractivity contribution in [3.05, 3.63) is 29.3 Å². The van der Waals surface area contributed by atoms with Gasteiger partial charge in [0.1, 0.15) is 0 Å². The minimum atomic E-state index is -0.403. The number of carbonyl (C=O) groups is 2. The van der Waals surface area contributed by atoms with Crippen molar-refractivity contribution in [1.29, 1.82) is 0 Å². The van der Waals surface area contributed by atoms with Gasteiger partial charge in [0.15, 0.2) is 5.01 Å². The molecule has 26 heavy (non-hydrogen) atoms. The summed E-state index contributed by atoms with van der Waals surface area (Å²) >= 11 is 1.43. The van der Waals surface area contributed by atoms with Gasteiger partial charge in [-0.1, -0.05) is 12.1 Å². The first-order chi connectivity index (χ1) is 12.5. The number of ether oxygens (including phenoxy) is 1. The molecule has 4 fully saturated rings. The molecule has 2 aromatic rings. The van der Waals surface area contributed by atoms with E-state index in [9.17, 15) is 9.59 Å². The number of amides is 1. The second-order valence-electron chi connectivity index (χ2n) is 8.45. The van der Waals surface area contributed by atoms with Crippen molar-refractivity contribution < 1.29 is 14.3 Å². The lowest BCUT2D eigenvalue weighted by Crippen LogP contribution is -2.64. The Bertz CT molecular complexity index is 858. The molecular weight excluding hydrogens is 348 g/mol. The third kappa shape index (κ3) is 2.38. The SMILES string of the molecule is COC(=O)C12CC3CC(CC(NC(=O)c4nc5ccccc5s4)(C3)C1)C2. The van der Waals surface area contributed by atoms with Crippen LogP contribution in [0.1, 0.15) is 48.3 Å². The zero-order chi connectivity index (χ0) is 17.9. The maximum Gasteiger partial charge on any atom is 0.311 e. The second kappa shape index (κ2) is 5.52. The Balaban J connectivity index is 1.44. The van der Waals surface area contributed by atoms with Crippen LogP contribution in [0.2, 0.25) is 0 Å². The highest BCUT2D eigenvalue weighted by Crippen LogP contribution is 2.62. The summed E-state index contributed by atoms with van der Waals surface area (Å²) in [5.41, 5.74) is 0.173. The van der Waals surface area contributed by atoms with Crippen LogP contribution in [-0.4, -0.2) is 29.5 Å². The van der Waals surface area contributed by atoms with Gasteiger partial charge in [-0.05, 0) is 62.5 Å². The number of fused-ring (bicyclic) bond motifs is 1. The molecule has 4 aliphatic rings. The standard InChI is InChI=1S/C20H22N2O3S/c1-25-18(24)19-7-12-6-13(8-19)10-20(9-12,11-19)22-16(23)17-21-14-4-2-3-5-15(14)26-17/h2-5,12-13H,6-11H2,1H3,(H,22,23). The maximum atomic E-state index is 13.0. The molecule has 4 aliphatic carbocycles. The Morgan fingerprint density at radius 1 is 1.19 bits per heavy atom. The summed E-state index contributed by atoms with van der Waals surface area (Å²) in [4.78, 5) is 30.0. The Labute approximate surface area is 156 Å². The molecule has 2 unspecified atom stereocenters. The average molecular weight is 370 g/mol. The third-order valence-corrected chi connectivity index (χ3v) is 7.58. The monoisotopic (exact) mass is 370 g/mol. The molecule has 6 rings (SSSR count). The first-order valence-electron chi connectivity index (χ1n) is 9.27. The van der Waals surface area contributed by atoms with Crippen LogP contribution in [-0.2, 0) is 9.53 Å². The van der Waals surface area contributed by atoms with E-state index < -0.39 is 5.41 Å². The van der Waals surface area contributed by atoms with Gasteiger partial charge in [-0.2, -0.15) is 0 Å². The number of hydrogen-bond acceptors (Lipinski definition) is 5. The number of nitrogens with one attached hydrogen (secondary N) is 1. The summed E-state index contributed by atoms with van der Waals surface area (Å²) in [6.07, 6.45) is 5.65. The lowest BCUT2D eigenvalue weighted by atomic mass is 9.47. The summed E-state index contributed by atoms with van der Waals surface area (Å²) < 4.78 is 6.17. The van der Waals surface area contributed by atoms with Gasteiger partial charge in [-0.15, -0.1) is 11.3 Å². The highest BCUT2D eigenvalue weighted by Gasteiger charge is 2.61. The van der Waals surface area contributed by atoms with Crippen LogP contribution in [0.4, 0.5) is 0 Å². The number of carbonyl (C=O) groups excluding carboxylic acids is 2. The highest BCUT2D eigenvalue weighted by molar-refractivity contribution is 7.20. The molecule has 0 spiro atoms.